The van der Waals surface area contributed by atoms with Crippen LogP contribution in [0, 0.1) is 0 Å². The second kappa shape index (κ2) is 54.0. The van der Waals surface area contributed by atoms with E-state index in [0.717, 1.165) is 57.8 Å². The molecule has 0 aliphatic carbocycles. The van der Waals surface area contributed by atoms with Crippen molar-refractivity contribution in [3.8, 4) is 0 Å². The number of nitrogens with one attached hydrogen (secondary N) is 1. The van der Waals surface area contributed by atoms with Gasteiger partial charge in [0.1, 0.15) is 0 Å². The lowest BCUT2D eigenvalue weighted by Gasteiger charge is -2.22. The standard InChI is InChI=1S/C58H111NO5/c1-3-5-7-9-11-13-15-16-17-18-19-22-25-28-32-36-40-44-48-52-58(63)64-53-49-45-41-37-33-29-26-23-20-21-24-27-31-35-39-43-47-51-57(62)59-55(54-60)56(61)50-46-42-38-34-30-14-12-10-8-6-4-2/h16-17,20,23,55-56,60-61H,3-15,18-19,21-22,24-54H2,1-2H3,(H,59,62)/b17-16-,23-20-. The molecule has 0 saturated carbocycles. The second-order valence-electron chi connectivity index (χ2n) is 19.6. The number of hydrogen-bond acceptors (Lipinski definition) is 5. The molecule has 1 amide bonds. The Morgan fingerprint density at radius 2 is 0.734 bits per heavy atom. The summed E-state index contributed by atoms with van der Waals surface area (Å²) in [4.78, 5) is 24.5. The van der Waals surface area contributed by atoms with Crippen molar-refractivity contribution in [2.45, 2.75) is 321 Å². The fraction of sp³-hybridized carbons (Fsp3) is 0.897. The minimum atomic E-state index is -0.670. The van der Waals surface area contributed by atoms with Gasteiger partial charge in [-0.1, -0.05) is 244 Å². The average molecular weight is 903 g/mol. The Morgan fingerprint density at radius 3 is 1.11 bits per heavy atom. The summed E-state index contributed by atoms with van der Waals surface area (Å²) in [5.74, 6) is -0.0500. The predicted octanol–water partition coefficient (Wildman–Crippen LogP) is 17.5. The number of ether oxygens (including phenoxy) is 1. The van der Waals surface area contributed by atoms with Crippen molar-refractivity contribution in [3.05, 3.63) is 24.3 Å². The lowest BCUT2D eigenvalue weighted by molar-refractivity contribution is -0.143. The number of aliphatic hydroxyl groups is 2. The minimum Gasteiger partial charge on any atom is -0.466 e. The van der Waals surface area contributed by atoms with Crippen molar-refractivity contribution < 1.29 is 24.5 Å². The number of unbranched alkanes of at least 4 members (excludes halogenated alkanes) is 38. The molecule has 0 saturated heterocycles. The maximum atomic E-state index is 12.4. The van der Waals surface area contributed by atoms with Crippen molar-refractivity contribution in [2.24, 2.45) is 0 Å². The molecule has 378 valence electrons. The first-order valence-corrected chi connectivity index (χ1v) is 28.6. The van der Waals surface area contributed by atoms with Crippen LogP contribution in [-0.2, 0) is 14.3 Å². The van der Waals surface area contributed by atoms with E-state index in [-0.39, 0.29) is 18.5 Å². The van der Waals surface area contributed by atoms with Crippen LogP contribution in [0.4, 0.5) is 0 Å². The lowest BCUT2D eigenvalue weighted by Crippen LogP contribution is -2.45. The van der Waals surface area contributed by atoms with Crippen LogP contribution >= 0.6 is 0 Å². The summed E-state index contributed by atoms with van der Waals surface area (Å²) < 4.78 is 5.48. The molecule has 0 rings (SSSR count). The summed E-state index contributed by atoms with van der Waals surface area (Å²) in [5.41, 5.74) is 0. The summed E-state index contributed by atoms with van der Waals surface area (Å²) in [5, 5.41) is 23.2. The molecule has 0 aliphatic rings. The number of allylic oxidation sites excluding steroid dienone is 4. The zero-order chi connectivity index (χ0) is 46.5. The molecule has 0 heterocycles. The Labute approximate surface area is 399 Å². The van der Waals surface area contributed by atoms with Gasteiger partial charge in [0.15, 0.2) is 0 Å². The van der Waals surface area contributed by atoms with Gasteiger partial charge in [-0.15, -0.1) is 0 Å². The van der Waals surface area contributed by atoms with Gasteiger partial charge in [0, 0.05) is 12.8 Å². The van der Waals surface area contributed by atoms with Gasteiger partial charge in [-0.25, -0.2) is 0 Å². The van der Waals surface area contributed by atoms with E-state index in [1.807, 2.05) is 0 Å². The first kappa shape index (κ1) is 62.3. The van der Waals surface area contributed by atoms with Crippen LogP contribution in [0.5, 0.6) is 0 Å². The van der Waals surface area contributed by atoms with Gasteiger partial charge in [0.05, 0.1) is 25.4 Å². The predicted molar refractivity (Wildman–Crippen MR) is 278 cm³/mol. The van der Waals surface area contributed by atoms with Crippen LogP contribution in [-0.4, -0.2) is 47.4 Å². The molecule has 0 aromatic carbocycles. The molecular formula is C58H111NO5. The van der Waals surface area contributed by atoms with Crippen molar-refractivity contribution in [2.75, 3.05) is 13.2 Å². The van der Waals surface area contributed by atoms with Gasteiger partial charge < -0.3 is 20.3 Å². The number of esters is 1. The highest BCUT2D eigenvalue weighted by molar-refractivity contribution is 5.76. The summed E-state index contributed by atoms with van der Waals surface area (Å²) >= 11 is 0. The van der Waals surface area contributed by atoms with Gasteiger partial charge in [-0.2, -0.15) is 0 Å². The number of carbonyl (C=O) groups excluding carboxylic acids is 2. The average Bonchev–Trinajstić information content (AvgIpc) is 3.29. The Balaban J connectivity index is 3.42. The van der Waals surface area contributed by atoms with Gasteiger partial charge in [0.2, 0.25) is 5.91 Å². The molecule has 0 aromatic heterocycles. The Morgan fingerprint density at radius 1 is 0.422 bits per heavy atom. The SMILES string of the molecule is CCCCCCCC/C=C\CCCCCCCCCCCC(=O)OCCCCCCCC/C=C\CCCCCCCCCC(=O)NC(CO)C(O)CCCCCCCCCCCCC. The maximum Gasteiger partial charge on any atom is 0.305 e. The molecule has 2 unspecified atom stereocenters. The van der Waals surface area contributed by atoms with Crippen molar-refractivity contribution in [3.63, 3.8) is 0 Å². The zero-order valence-corrected chi connectivity index (χ0v) is 43.0. The van der Waals surface area contributed by atoms with Crippen LogP contribution in [0.25, 0.3) is 0 Å². The molecule has 0 fully saturated rings. The molecule has 0 aliphatic heterocycles. The largest absolute Gasteiger partial charge is 0.466 e. The van der Waals surface area contributed by atoms with E-state index in [4.69, 9.17) is 4.74 Å². The first-order valence-electron chi connectivity index (χ1n) is 28.6. The number of hydrogen-bond donors (Lipinski definition) is 3. The minimum absolute atomic E-state index is 0.00223. The fourth-order valence-corrected chi connectivity index (χ4v) is 8.81. The summed E-state index contributed by atoms with van der Waals surface area (Å²) in [6, 6.07) is -0.549. The third-order valence-electron chi connectivity index (χ3n) is 13.2. The Kier molecular flexibility index (Phi) is 52.6. The maximum absolute atomic E-state index is 12.4. The molecule has 0 bridgehead atoms. The van der Waals surface area contributed by atoms with Gasteiger partial charge in [-0.05, 0) is 77.0 Å². The van der Waals surface area contributed by atoms with Gasteiger partial charge in [0.25, 0.3) is 0 Å². The lowest BCUT2D eigenvalue weighted by atomic mass is 10.0. The molecular weight excluding hydrogens is 791 g/mol. The second-order valence-corrected chi connectivity index (χ2v) is 19.6. The molecule has 6 heteroatoms. The number of aliphatic hydroxyl groups excluding tert-OH is 2. The highest BCUT2D eigenvalue weighted by Crippen LogP contribution is 2.16. The molecule has 0 aromatic rings. The zero-order valence-electron chi connectivity index (χ0n) is 43.0. The number of rotatable bonds is 53. The van der Waals surface area contributed by atoms with Crippen LogP contribution < -0.4 is 5.32 Å². The van der Waals surface area contributed by atoms with Crippen molar-refractivity contribution >= 4 is 11.9 Å². The quantitative estimate of drug-likeness (QED) is 0.0321. The molecule has 3 N–H and O–H groups in total. The Bertz CT molecular complexity index is 997. The fourth-order valence-electron chi connectivity index (χ4n) is 8.81. The molecule has 0 radical (unpaired) electrons. The van der Waals surface area contributed by atoms with Gasteiger partial charge >= 0.3 is 5.97 Å². The first-order chi connectivity index (χ1) is 31.5. The van der Waals surface area contributed by atoms with E-state index in [1.165, 1.54) is 218 Å². The molecule has 2 atom stereocenters. The monoisotopic (exact) mass is 902 g/mol. The normalized spacial score (nSPS) is 12.8. The molecule has 64 heavy (non-hydrogen) atoms. The highest BCUT2D eigenvalue weighted by atomic mass is 16.5. The van der Waals surface area contributed by atoms with Crippen LogP contribution in [0.2, 0.25) is 0 Å². The van der Waals surface area contributed by atoms with Gasteiger partial charge in [-0.3, -0.25) is 9.59 Å². The Hall–Kier alpha value is -1.66. The van der Waals surface area contributed by atoms with E-state index in [0.29, 0.717) is 25.9 Å². The summed E-state index contributed by atoms with van der Waals surface area (Å²) in [6.45, 7) is 4.93. The van der Waals surface area contributed by atoms with Crippen molar-refractivity contribution in [1.29, 1.82) is 0 Å². The summed E-state index contributed by atoms with van der Waals surface area (Å²) in [7, 11) is 0. The van der Waals surface area contributed by atoms with Crippen LogP contribution in [0.1, 0.15) is 309 Å². The molecule has 0 spiro atoms. The third-order valence-corrected chi connectivity index (χ3v) is 13.2. The van der Waals surface area contributed by atoms with E-state index in [1.54, 1.807) is 0 Å². The topological polar surface area (TPSA) is 95.9 Å². The van der Waals surface area contributed by atoms with E-state index in [9.17, 15) is 19.8 Å². The molecule has 6 nitrogen and oxygen atoms in total. The van der Waals surface area contributed by atoms with Crippen LogP contribution in [0.15, 0.2) is 24.3 Å². The van der Waals surface area contributed by atoms with E-state index in [2.05, 4.69) is 43.5 Å². The van der Waals surface area contributed by atoms with Crippen molar-refractivity contribution in [1.82, 2.24) is 5.32 Å². The van der Waals surface area contributed by atoms with E-state index >= 15 is 0 Å². The number of amides is 1. The highest BCUT2D eigenvalue weighted by Gasteiger charge is 2.20. The smallest absolute Gasteiger partial charge is 0.305 e. The van der Waals surface area contributed by atoms with E-state index < -0.39 is 12.1 Å². The number of carbonyl (C=O) groups is 2. The van der Waals surface area contributed by atoms with Crippen LogP contribution in [0.3, 0.4) is 0 Å². The third kappa shape index (κ3) is 49.8. The summed E-state index contributed by atoms with van der Waals surface area (Å²) in [6.07, 6.45) is 64.5.